The number of hydrogen-bond donors (Lipinski definition) is 0. The minimum absolute atomic E-state index is 0.388. The molecule has 0 radical (unpaired) electrons. The fourth-order valence-electron chi connectivity index (χ4n) is 1.47. The van der Waals surface area contributed by atoms with Gasteiger partial charge < -0.3 is 14.2 Å². The van der Waals surface area contributed by atoms with Gasteiger partial charge in [-0.3, -0.25) is 4.79 Å². The first-order chi connectivity index (χ1) is 8.90. The Kier molecular flexibility index (Phi) is 3.37. The first kappa shape index (κ1) is 13.3. The predicted octanol–water partition coefficient (Wildman–Crippen LogP) is 0.424. The number of likely N-dealkylation sites (N-methyl/N-ethyl adjacent to an activating group) is 1. The van der Waals surface area contributed by atoms with Crippen molar-refractivity contribution in [2.75, 3.05) is 13.6 Å². The summed E-state index contributed by atoms with van der Waals surface area (Å²) in [6.07, 6.45) is -0.944. The van der Waals surface area contributed by atoms with Crippen LogP contribution in [0, 0.1) is 17.5 Å². The molecule has 100 valence electrons. The van der Waals surface area contributed by atoms with Crippen LogP contribution in [-0.4, -0.2) is 37.7 Å². The number of carbonyl (C=O) groups excluding carboxylic acids is 2. The first-order valence-electron chi connectivity index (χ1n) is 5.14. The number of amides is 1. The average Bonchev–Trinajstić information content (AvgIpc) is 2.46. The first-order valence-corrected chi connectivity index (χ1v) is 5.14. The summed E-state index contributed by atoms with van der Waals surface area (Å²) in [7, 11) is -0.479. The van der Waals surface area contributed by atoms with Crippen LogP contribution in [0.4, 0.5) is 18.0 Å². The smallest absolute Gasteiger partial charge is 0.494 e. The lowest BCUT2D eigenvalue weighted by Gasteiger charge is -2.12. The summed E-state index contributed by atoms with van der Waals surface area (Å²) in [6, 6.07) is 1.48. The van der Waals surface area contributed by atoms with Crippen LogP contribution >= 0.6 is 0 Å². The molecule has 19 heavy (non-hydrogen) atoms. The number of nitrogens with zero attached hydrogens (tertiary/aromatic N) is 1. The summed E-state index contributed by atoms with van der Waals surface area (Å²) in [5.74, 6) is -5.57. The molecule has 1 fully saturated rings. The zero-order valence-corrected chi connectivity index (χ0v) is 9.65. The highest BCUT2D eigenvalue weighted by Gasteiger charge is 2.39. The molecule has 1 aliphatic rings. The Morgan fingerprint density at radius 3 is 2.53 bits per heavy atom. The van der Waals surface area contributed by atoms with Gasteiger partial charge in [0.1, 0.15) is 6.54 Å². The van der Waals surface area contributed by atoms with Gasteiger partial charge in [0.15, 0.2) is 17.5 Å². The molecule has 0 saturated carbocycles. The van der Waals surface area contributed by atoms with Gasteiger partial charge in [0.25, 0.3) is 0 Å². The molecule has 2 rings (SSSR count). The van der Waals surface area contributed by atoms with Gasteiger partial charge in [-0.25, -0.2) is 18.0 Å². The van der Waals surface area contributed by atoms with E-state index < -0.39 is 42.1 Å². The Morgan fingerprint density at radius 2 is 1.84 bits per heavy atom. The fraction of sp³-hybridized carbons (Fsp3) is 0.200. The quantitative estimate of drug-likeness (QED) is 0.549. The van der Waals surface area contributed by atoms with Gasteiger partial charge in [-0.1, -0.05) is 6.07 Å². The van der Waals surface area contributed by atoms with Crippen LogP contribution in [-0.2, 0) is 14.1 Å². The minimum Gasteiger partial charge on any atom is -0.494 e. The van der Waals surface area contributed by atoms with Gasteiger partial charge >= 0.3 is 19.2 Å². The largest absolute Gasteiger partial charge is 0.640 e. The van der Waals surface area contributed by atoms with Crippen LogP contribution < -0.4 is 5.46 Å². The van der Waals surface area contributed by atoms with E-state index in [1.165, 1.54) is 7.05 Å². The van der Waals surface area contributed by atoms with Crippen molar-refractivity contribution in [1.29, 1.82) is 0 Å². The zero-order valence-electron chi connectivity index (χ0n) is 9.65. The van der Waals surface area contributed by atoms with E-state index in [-0.39, 0.29) is 6.54 Å². The fourth-order valence-corrected chi connectivity index (χ4v) is 1.47. The Labute approximate surface area is 106 Å². The summed E-state index contributed by atoms with van der Waals surface area (Å²) in [4.78, 5) is 23.6. The minimum atomic E-state index is -1.75. The lowest BCUT2D eigenvalue weighted by Crippen LogP contribution is -2.41. The van der Waals surface area contributed by atoms with Gasteiger partial charge in [0, 0.05) is 7.05 Å². The van der Waals surface area contributed by atoms with Crippen molar-refractivity contribution in [3.05, 3.63) is 29.6 Å². The standard InChI is InChI=1S/C10H7BF3NO4/c1-15-4-7(16)18-11(19-10(15)17)5-2-3-6(12)9(14)8(5)13/h2-3H,4H2,1H3. The van der Waals surface area contributed by atoms with E-state index in [0.717, 1.165) is 11.0 Å². The summed E-state index contributed by atoms with van der Waals surface area (Å²) < 4.78 is 48.7. The molecule has 1 amide bonds. The van der Waals surface area contributed by atoms with Gasteiger partial charge in [0.05, 0.1) is 5.46 Å². The Hall–Kier alpha value is -2.19. The molecular weight excluding hydrogens is 266 g/mol. The summed E-state index contributed by atoms with van der Waals surface area (Å²) >= 11 is 0. The van der Waals surface area contributed by atoms with Crippen molar-refractivity contribution in [3.63, 3.8) is 0 Å². The molecule has 1 saturated heterocycles. The molecule has 0 aromatic heterocycles. The van der Waals surface area contributed by atoms with Crippen molar-refractivity contribution < 1.29 is 32.1 Å². The summed E-state index contributed by atoms with van der Waals surface area (Å²) in [5, 5.41) is 0. The number of benzene rings is 1. The number of halogens is 3. The van der Waals surface area contributed by atoms with E-state index in [9.17, 15) is 22.8 Å². The van der Waals surface area contributed by atoms with E-state index in [1.807, 2.05) is 0 Å². The maximum atomic E-state index is 13.5. The monoisotopic (exact) mass is 273 g/mol. The van der Waals surface area contributed by atoms with Gasteiger partial charge in [-0.15, -0.1) is 0 Å². The topological polar surface area (TPSA) is 55.8 Å². The molecule has 0 aliphatic carbocycles. The summed E-state index contributed by atoms with van der Waals surface area (Å²) in [6.45, 7) is -0.388. The number of hydrogen-bond acceptors (Lipinski definition) is 4. The van der Waals surface area contributed by atoms with Crippen LogP contribution in [0.15, 0.2) is 12.1 Å². The van der Waals surface area contributed by atoms with Crippen LogP contribution in [0.1, 0.15) is 0 Å². The van der Waals surface area contributed by atoms with Crippen molar-refractivity contribution in [3.8, 4) is 0 Å². The molecule has 1 aliphatic heterocycles. The molecule has 0 bridgehead atoms. The second-order valence-electron chi connectivity index (χ2n) is 3.83. The van der Waals surface area contributed by atoms with Gasteiger partial charge in [-0.05, 0) is 6.07 Å². The summed E-state index contributed by atoms with van der Waals surface area (Å²) in [5.41, 5.74) is -0.573. The molecule has 9 heteroatoms. The lowest BCUT2D eigenvalue weighted by molar-refractivity contribution is -0.134. The van der Waals surface area contributed by atoms with E-state index in [2.05, 4.69) is 9.31 Å². The molecule has 1 heterocycles. The zero-order chi connectivity index (χ0) is 14.2. The number of rotatable bonds is 1. The van der Waals surface area contributed by atoms with Gasteiger partial charge in [0.2, 0.25) is 0 Å². The second kappa shape index (κ2) is 4.83. The van der Waals surface area contributed by atoms with Crippen molar-refractivity contribution in [2.24, 2.45) is 0 Å². The van der Waals surface area contributed by atoms with Gasteiger partial charge in [-0.2, -0.15) is 0 Å². The molecule has 0 N–H and O–H groups in total. The normalized spacial score (nSPS) is 16.0. The molecule has 0 unspecified atom stereocenters. The Balaban J connectivity index is 2.38. The van der Waals surface area contributed by atoms with Crippen molar-refractivity contribution in [2.45, 2.75) is 0 Å². The highest BCUT2D eigenvalue weighted by atomic mass is 19.2. The van der Waals surface area contributed by atoms with E-state index in [1.54, 1.807) is 0 Å². The van der Waals surface area contributed by atoms with Crippen LogP contribution in [0.3, 0.4) is 0 Å². The lowest BCUT2D eigenvalue weighted by atomic mass is 9.78. The van der Waals surface area contributed by atoms with Crippen LogP contribution in [0.5, 0.6) is 0 Å². The Morgan fingerprint density at radius 1 is 1.16 bits per heavy atom. The number of carbonyl (C=O) groups is 2. The average molecular weight is 273 g/mol. The van der Waals surface area contributed by atoms with Crippen molar-refractivity contribution in [1.82, 2.24) is 4.90 Å². The second-order valence-corrected chi connectivity index (χ2v) is 3.83. The highest BCUT2D eigenvalue weighted by Crippen LogP contribution is 2.11. The molecule has 0 atom stereocenters. The maximum Gasteiger partial charge on any atom is 0.640 e. The maximum absolute atomic E-state index is 13.5. The molecule has 5 nitrogen and oxygen atoms in total. The third-order valence-corrected chi connectivity index (χ3v) is 2.44. The third-order valence-electron chi connectivity index (χ3n) is 2.44. The Bertz CT molecular complexity index is 554. The highest BCUT2D eigenvalue weighted by molar-refractivity contribution is 6.64. The third kappa shape index (κ3) is 2.49. The SMILES string of the molecule is CN1CC(=O)OB(c2ccc(F)c(F)c2F)OC1=O. The van der Waals surface area contributed by atoms with E-state index in [4.69, 9.17) is 0 Å². The molecular formula is C10H7BF3NO4. The van der Waals surface area contributed by atoms with Crippen molar-refractivity contribution >= 4 is 24.6 Å². The van der Waals surface area contributed by atoms with Crippen LogP contribution in [0.25, 0.3) is 0 Å². The van der Waals surface area contributed by atoms with E-state index in [0.29, 0.717) is 6.07 Å². The molecule has 0 spiro atoms. The molecule has 1 aromatic carbocycles. The molecule has 1 aromatic rings. The van der Waals surface area contributed by atoms with Crippen LogP contribution in [0.2, 0.25) is 0 Å². The predicted molar refractivity (Wildman–Crippen MR) is 56.9 cm³/mol. The van der Waals surface area contributed by atoms with E-state index >= 15 is 0 Å².